The lowest BCUT2D eigenvalue weighted by atomic mass is 10.0. The van der Waals surface area contributed by atoms with Crippen molar-refractivity contribution in [2.45, 2.75) is 6.42 Å². The number of hydrogen-bond acceptors (Lipinski definition) is 3. The monoisotopic (exact) mass is 306 g/mol. The first-order valence-electron chi connectivity index (χ1n) is 6.28. The van der Waals surface area contributed by atoms with Crippen LogP contribution in [0.4, 0.5) is 24.7 Å². The van der Waals surface area contributed by atoms with Crippen LogP contribution in [0, 0.1) is 17.5 Å². The highest BCUT2D eigenvalue weighted by molar-refractivity contribution is 5.90. The Kier molecular flexibility index (Phi) is 3.32. The van der Waals surface area contributed by atoms with E-state index in [1.54, 1.807) is 0 Å². The van der Waals surface area contributed by atoms with Gasteiger partial charge in [0, 0.05) is 24.3 Å². The quantitative estimate of drug-likeness (QED) is 0.926. The minimum atomic E-state index is -1.21. The van der Waals surface area contributed by atoms with E-state index in [-0.39, 0.29) is 23.5 Å². The van der Waals surface area contributed by atoms with Crippen LogP contribution >= 0.6 is 0 Å². The third kappa shape index (κ3) is 2.41. The molecule has 1 aromatic carbocycles. The van der Waals surface area contributed by atoms with Crippen LogP contribution in [0.15, 0.2) is 42.2 Å². The van der Waals surface area contributed by atoms with Gasteiger partial charge in [-0.3, -0.25) is 4.90 Å². The van der Waals surface area contributed by atoms with Crippen LogP contribution in [0.5, 0.6) is 0 Å². The first-order chi connectivity index (χ1) is 10.5. The summed E-state index contributed by atoms with van der Waals surface area (Å²) in [4.78, 5) is 16.3. The van der Waals surface area contributed by atoms with Gasteiger partial charge >= 0.3 is 5.97 Å². The van der Waals surface area contributed by atoms with E-state index in [9.17, 15) is 18.0 Å². The Bertz CT molecular complexity index is 805. The maximum atomic E-state index is 14.0. The molecule has 3 rings (SSSR count). The topological polar surface area (TPSA) is 53.4 Å². The Labute approximate surface area is 123 Å². The lowest BCUT2D eigenvalue weighted by molar-refractivity contribution is -0.132. The van der Waals surface area contributed by atoms with E-state index in [0.29, 0.717) is 11.6 Å². The molecule has 0 saturated heterocycles. The molecule has 22 heavy (non-hydrogen) atoms. The van der Waals surface area contributed by atoms with E-state index >= 15 is 0 Å². The molecule has 0 saturated carbocycles. The van der Waals surface area contributed by atoms with E-state index in [1.165, 1.54) is 17.2 Å². The number of rotatable bonds is 2. The molecule has 0 amide bonds. The summed E-state index contributed by atoms with van der Waals surface area (Å²) in [6, 6.07) is 4.04. The standard InChI is InChI=1S/C15H9F3N2O2/c16-10-1-2-13(12(18)5-10)20-7-9(15(21)22)3-8-4-11(17)6-19-14(8)20/h1-2,4-7H,3H2,(H,21,22). The Hall–Kier alpha value is -2.83. The largest absolute Gasteiger partial charge is 0.478 e. The molecule has 1 aliphatic rings. The number of halogens is 3. The smallest absolute Gasteiger partial charge is 0.333 e. The molecule has 1 N–H and O–H groups in total. The summed E-state index contributed by atoms with van der Waals surface area (Å²) < 4.78 is 40.3. The molecule has 112 valence electrons. The molecule has 0 aliphatic carbocycles. The number of anilines is 2. The van der Waals surface area contributed by atoms with Gasteiger partial charge in [-0.15, -0.1) is 0 Å². The second kappa shape index (κ2) is 5.18. The number of pyridine rings is 1. The first-order valence-corrected chi connectivity index (χ1v) is 6.28. The van der Waals surface area contributed by atoms with Crippen LogP contribution in [0.3, 0.4) is 0 Å². The number of carboxylic acids is 1. The average molecular weight is 306 g/mol. The van der Waals surface area contributed by atoms with Crippen LogP contribution in [-0.4, -0.2) is 16.1 Å². The molecular weight excluding hydrogens is 297 g/mol. The van der Waals surface area contributed by atoms with Gasteiger partial charge in [0.1, 0.15) is 23.3 Å². The maximum Gasteiger partial charge on any atom is 0.333 e. The molecule has 0 radical (unpaired) electrons. The van der Waals surface area contributed by atoms with Crippen molar-refractivity contribution in [2.75, 3.05) is 4.90 Å². The SMILES string of the molecule is O=C(O)C1=CN(c2ccc(F)cc2F)c2ncc(F)cc2C1. The number of benzene rings is 1. The normalized spacial score (nSPS) is 13.6. The van der Waals surface area contributed by atoms with Crippen LogP contribution in [-0.2, 0) is 11.2 Å². The number of carbonyl (C=O) groups is 1. The van der Waals surface area contributed by atoms with Gasteiger partial charge in [-0.2, -0.15) is 0 Å². The third-order valence-electron chi connectivity index (χ3n) is 3.25. The fourth-order valence-electron chi connectivity index (χ4n) is 2.28. The van der Waals surface area contributed by atoms with Gasteiger partial charge in [0.2, 0.25) is 0 Å². The van der Waals surface area contributed by atoms with E-state index in [1.807, 2.05) is 0 Å². The predicted octanol–water partition coefficient (Wildman–Crippen LogP) is 3.16. The molecule has 2 aromatic rings. The first kappa shape index (κ1) is 14.1. The molecule has 2 heterocycles. The molecule has 0 unspecified atom stereocenters. The Morgan fingerprint density at radius 3 is 2.64 bits per heavy atom. The van der Waals surface area contributed by atoms with Crippen molar-refractivity contribution in [1.29, 1.82) is 0 Å². The van der Waals surface area contributed by atoms with Crippen molar-refractivity contribution in [1.82, 2.24) is 4.98 Å². The summed E-state index contributed by atoms with van der Waals surface area (Å²) in [6.07, 6.45) is 2.12. The highest BCUT2D eigenvalue weighted by atomic mass is 19.1. The maximum absolute atomic E-state index is 14.0. The second-order valence-electron chi connectivity index (χ2n) is 4.74. The Balaban J connectivity index is 2.18. The zero-order valence-electron chi connectivity index (χ0n) is 11.1. The van der Waals surface area contributed by atoms with E-state index in [0.717, 1.165) is 18.3 Å². The van der Waals surface area contributed by atoms with Gasteiger partial charge in [0.05, 0.1) is 17.5 Å². The van der Waals surface area contributed by atoms with Crippen molar-refractivity contribution in [3.63, 3.8) is 0 Å². The molecule has 1 aromatic heterocycles. The highest BCUT2D eigenvalue weighted by Crippen LogP contribution is 2.35. The lowest BCUT2D eigenvalue weighted by Gasteiger charge is -2.27. The number of hydrogen-bond donors (Lipinski definition) is 1. The van der Waals surface area contributed by atoms with Crippen molar-refractivity contribution >= 4 is 17.5 Å². The van der Waals surface area contributed by atoms with Crippen LogP contribution in [0.25, 0.3) is 0 Å². The van der Waals surface area contributed by atoms with Crippen LogP contribution < -0.4 is 4.90 Å². The summed E-state index contributed by atoms with van der Waals surface area (Å²) in [5.74, 6) is -3.25. The van der Waals surface area contributed by atoms with Crippen molar-refractivity contribution in [3.05, 3.63) is 65.3 Å². The molecule has 0 spiro atoms. The van der Waals surface area contributed by atoms with E-state index in [4.69, 9.17) is 5.11 Å². The van der Waals surface area contributed by atoms with E-state index in [2.05, 4.69) is 4.98 Å². The van der Waals surface area contributed by atoms with Crippen molar-refractivity contribution < 1.29 is 23.1 Å². The number of fused-ring (bicyclic) bond motifs is 1. The van der Waals surface area contributed by atoms with E-state index < -0.39 is 23.4 Å². The van der Waals surface area contributed by atoms with Crippen molar-refractivity contribution in [2.24, 2.45) is 0 Å². The summed E-state index contributed by atoms with van der Waals surface area (Å²) >= 11 is 0. The number of aromatic nitrogens is 1. The average Bonchev–Trinajstić information content (AvgIpc) is 2.45. The fraction of sp³-hybridized carbons (Fsp3) is 0.0667. The lowest BCUT2D eigenvalue weighted by Crippen LogP contribution is -2.22. The zero-order valence-corrected chi connectivity index (χ0v) is 11.1. The van der Waals surface area contributed by atoms with Gasteiger partial charge in [-0.25, -0.2) is 22.9 Å². The van der Waals surface area contributed by atoms with Crippen LogP contribution in [0.1, 0.15) is 5.56 Å². The Morgan fingerprint density at radius 1 is 1.18 bits per heavy atom. The number of aliphatic carboxylic acids is 1. The summed E-state index contributed by atoms with van der Waals surface area (Å²) in [5, 5.41) is 9.15. The fourth-order valence-corrected chi connectivity index (χ4v) is 2.28. The van der Waals surface area contributed by atoms with Gasteiger partial charge < -0.3 is 5.11 Å². The van der Waals surface area contributed by atoms with Gasteiger partial charge in [-0.1, -0.05) is 0 Å². The van der Waals surface area contributed by atoms with Crippen LogP contribution in [0.2, 0.25) is 0 Å². The minimum absolute atomic E-state index is 0.0330. The summed E-state index contributed by atoms with van der Waals surface area (Å²) in [7, 11) is 0. The second-order valence-corrected chi connectivity index (χ2v) is 4.74. The number of nitrogens with zero attached hydrogens (tertiary/aromatic N) is 2. The minimum Gasteiger partial charge on any atom is -0.478 e. The molecule has 0 atom stereocenters. The predicted molar refractivity (Wildman–Crippen MR) is 72.1 cm³/mol. The molecule has 0 fully saturated rings. The third-order valence-corrected chi connectivity index (χ3v) is 3.25. The molecular formula is C15H9F3N2O2. The summed E-state index contributed by atoms with van der Waals surface area (Å²) in [5.41, 5.74) is 0.187. The molecule has 7 heteroatoms. The Morgan fingerprint density at radius 2 is 1.95 bits per heavy atom. The van der Waals surface area contributed by atoms with Crippen molar-refractivity contribution in [3.8, 4) is 0 Å². The summed E-state index contributed by atoms with van der Waals surface area (Å²) in [6.45, 7) is 0. The zero-order chi connectivity index (χ0) is 15.9. The molecule has 1 aliphatic heterocycles. The highest BCUT2D eigenvalue weighted by Gasteiger charge is 2.25. The van der Waals surface area contributed by atoms with Gasteiger partial charge in [0.15, 0.2) is 0 Å². The molecule has 0 bridgehead atoms. The van der Waals surface area contributed by atoms with Gasteiger partial charge in [-0.05, 0) is 18.2 Å². The molecule has 4 nitrogen and oxygen atoms in total. The number of carboxylic acid groups (broad SMARTS) is 1. The van der Waals surface area contributed by atoms with Gasteiger partial charge in [0.25, 0.3) is 0 Å².